The normalized spacial score (nSPS) is 15.5. The van der Waals surface area contributed by atoms with Crippen LogP contribution in [-0.4, -0.2) is 9.97 Å². The fourth-order valence-corrected chi connectivity index (χ4v) is 3.14. The van der Waals surface area contributed by atoms with Gasteiger partial charge in [-0.2, -0.15) is 0 Å². The van der Waals surface area contributed by atoms with Crippen molar-refractivity contribution in [1.82, 2.24) is 9.97 Å². The number of nitrogens with zero attached hydrogens (tertiary/aromatic N) is 1. The van der Waals surface area contributed by atoms with Crippen LogP contribution in [0, 0.1) is 5.82 Å². The topological polar surface area (TPSA) is 45.8 Å². The van der Waals surface area contributed by atoms with Crippen molar-refractivity contribution in [3.63, 3.8) is 0 Å². The van der Waals surface area contributed by atoms with Crippen molar-refractivity contribution in [3.8, 4) is 0 Å². The SMILES string of the molecule is O=c1cc(C2CCCC2)nc(Cc2c(F)cccc2Cl)[nH]1. The number of nitrogens with one attached hydrogen (secondary N) is 1. The lowest BCUT2D eigenvalue weighted by Crippen LogP contribution is -2.15. The Kier molecular flexibility index (Phi) is 4.06. The highest BCUT2D eigenvalue weighted by Crippen LogP contribution is 2.32. The molecule has 5 heteroatoms. The van der Waals surface area contributed by atoms with Gasteiger partial charge in [0.25, 0.3) is 5.56 Å². The Hall–Kier alpha value is -1.68. The summed E-state index contributed by atoms with van der Waals surface area (Å²) in [6.07, 6.45) is 4.68. The van der Waals surface area contributed by atoms with E-state index in [0.717, 1.165) is 18.5 Å². The van der Waals surface area contributed by atoms with Crippen LogP contribution in [0.4, 0.5) is 4.39 Å². The molecule has 2 aromatic rings. The second-order valence-corrected chi connectivity index (χ2v) is 5.88. The molecule has 0 unspecified atom stereocenters. The zero-order valence-corrected chi connectivity index (χ0v) is 12.3. The van der Waals surface area contributed by atoms with E-state index in [4.69, 9.17) is 11.6 Å². The third-order valence-corrected chi connectivity index (χ3v) is 4.34. The minimum absolute atomic E-state index is 0.186. The Balaban J connectivity index is 1.93. The second-order valence-electron chi connectivity index (χ2n) is 5.48. The van der Waals surface area contributed by atoms with Crippen LogP contribution >= 0.6 is 11.6 Å². The highest BCUT2D eigenvalue weighted by Gasteiger charge is 2.20. The van der Waals surface area contributed by atoms with E-state index in [-0.39, 0.29) is 17.8 Å². The second kappa shape index (κ2) is 5.98. The van der Waals surface area contributed by atoms with E-state index < -0.39 is 0 Å². The van der Waals surface area contributed by atoms with Gasteiger partial charge in [-0.1, -0.05) is 30.5 Å². The van der Waals surface area contributed by atoms with Gasteiger partial charge in [0.1, 0.15) is 11.6 Å². The van der Waals surface area contributed by atoms with Crippen molar-refractivity contribution in [2.45, 2.75) is 38.0 Å². The first-order valence-corrected chi connectivity index (χ1v) is 7.54. The van der Waals surface area contributed by atoms with E-state index in [1.54, 1.807) is 18.2 Å². The Morgan fingerprint density at radius 3 is 2.81 bits per heavy atom. The number of aromatic amines is 1. The number of hydrogen-bond donors (Lipinski definition) is 1. The lowest BCUT2D eigenvalue weighted by Gasteiger charge is -2.10. The molecular weight excluding hydrogens is 291 g/mol. The molecule has 1 N–H and O–H groups in total. The molecule has 1 aromatic carbocycles. The summed E-state index contributed by atoms with van der Waals surface area (Å²) in [5.74, 6) is 0.440. The molecule has 3 rings (SSSR count). The van der Waals surface area contributed by atoms with Gasteiger partial charge in [0.2, 0.25) is 0 Å². The summed E-state index contributed by atoms with van der Waals surface area (Å²) < 4.78 is 13.8. The van der Waals surface area contributed by atoms with Gasteiger partial charge in [-0.3, -0.25) is 4.79 Å². The van der Waals surface area contributed by atoms with E-state index in [2.05, 4.69) is 9.97 Å². The fourth-order valence-electron chi connectivity index (χ4n) is 2.91. The molecule has 0 atom stereocenters. The van der Waals surface area contributed by atoms with Crippen molar-refractivity contribution in [2.75, 3.05) is 0 Å². The Labute approximate surface area is 127 Å². The molecular formula is C16H16ClFN2O. The minimum Gasteiger partial charge on any atom is -0.310 e. The summed E-state index contributed by atoms with van der Waals surface area (Å²) >= 11 is 6.03. The lowest BCUT2D eigenvalue weighted by atomic mass is 10.0. The van der Waals surface area contributed by atoms with Crippen LogP contribution in [0.2, 0.25) is 5.02 Å². The Bertz CT molecular complexity index is 687. The van der Waals surface area contributed by atoms with Gasteiger partial charge in [0.15, 0.2) is 0 Å². The van der Waals surface area contributed by atoms with Crippen LogP contribution < -0.4 is 5.56 Å². The van der Waals surface area contributed by atoms with E-state index >= 15 is 0 Å². The zero-order valence-electron chi connectivity index (χ0n) is 11.5. The predicted octanol–water partition coefficient (Wildman–Crippen LogP) is 3.81. The average molecular weight is 307 g/mol. The van der Waals surface area contributed by atoms with Gasteiger partial charge in [-0.05, 0) is 25.0 Å². The highest BCUT2D eigenvalue weighted by molar-refractivity contribution is 6.31. The Morgan fingerprint density at radius 1 is 1.33 bits per heavy atom. The Morgan fingerprint density at radius 2 is 2.10 bits per heavy atom. The first kappa shape index (κ1) is 14.3. The van der Waals surface area contributed by atoms with Crippen molar-refractivity contribution in [2.24, 2.45) is 0 Å². The number of H-pyrrole nitrogens is 1. The molecule has 0 radical (unpaired) electrons. The molecule has 110 valence electrons. The van der Waals surface area contributed by atoms with E-state index in [0.29, 0.717) is 22.3 Å². The summed E-state index contributed by atoms with van der Waals surface area (Å²) in [5.41, 5.74) is 0.999. The predicted molar refractivity (Wildman–Crippen MR) is 80.3 cm³/mol. The molecule has 0 aliphatic heterocycles. The van der Waals surface area contributed by atoms with Crippen molar-refractivity contribution < 1.29 is 4.39 Å². The number of halogens is 2. The molecule has 1 aromatic heterocycles. The van der Waals surface area contributed by atoms with Crippen LogP contribution in [0.25, 0.3) is 0 Å². The van der Waals surface area contributed by atoms with Crippen molar-refractivity contribution in [1.29, 1.82) is 0 Å². The monoisotopic (exact) mass is 306 g/mol. The molecule has 0 saturated heterocycles. The maximum Gasteiger partial charge on any atom is 0.251 e. The van der Waals surface area contributed by atoms with Gasteiger partial charge >= 0.3 is 0 Å². The lowest BCUT2D eigenvalue weighted by molar-refractivity contribution is 0.610. The number of aromatic nitrogens is 2. The standard InChI is InChI=1S/C16H16ClFN2O/c17-12-6-3-7-13(18)11(12)8-15-19-14(9-16(21)20-15)10-4-1-2-5-10/h3,6-7,9-10H,1-2,4-5,8H2,(H,19,20,21). The van der Waals surface area contributed by atoms with Crippen LogP contribution in [0.15, 0.2) is 29.1 Å². The molecule has 1 heterocycles. The molecule has 1 saturated carbocycles. The third-order valence-electron chi connectivity index (χ3n) is 3.99. The molecule has 21 heavy (non-hydrogen) atoms. The molecule has 3 nitrogen and oxygen atoms in total. The largest absolute Gasteiger partial charge is 0.310 e. The first-order valence-electron chi connectivity index (χ1n) is 7.16. The van der Waals surface area contributed by atoms with Gasteiger partial charge in [0.05, 0.1) is 5.69 Å². The van der Waals surface area contributed by atoms with Gasteiger partial charge in [-0.15, -0.1) is 0 Å². The molecule has 0 bridgehead atoms. The summed E-state index contributed by atoms with van der Waals surface area (Å²) in [6, 6.07) is 6.12. The summed E-state index contributed by atoms with van der Waals surface area (Å²) in [7, 11) is 0. The quantitative estimate of drug-likeness (QED) is 0.937. The van der Waals surface area contributed by atoms with E-state index in [1.165, 1.54) is 18.9 Å². The summed E-state index contributed by atoms with van der Waals surface area (Å²) in [5, 5.41) is 0.351. The van der Waals surface area contributed by atoms with Gasteiger partial charge in [0, 0.05) is 29.0 Å². The first-order chi connectivity index (χ1) is 10.1. The van der Waals surface area contributed by atoms with Crippen LogP contribution in [0.5, 0.6) is 0 Å². The summed E-state index contributed by atoms with van der Waals surface area (Å²) in [6.45, 7) is 0. The molecule has 1 fully saturated rings. The minimum atomic E-state index is -0.378. The van der Waals surface area contributed by atoms with Crippen LogP contribution in [-0.2, 0) is 6.42 Å². The molecule has 1 aliphatic carbocycles. The molecule has 1 aliphatic rings. The number of rotatable bonds is 3. The zero-order chi connectivity index (χ0) is 14.8. The van der Waals surface area contributed by atoms with Crippen LogP contribution in [0.1, 0.15) is 48.7 Å². The number of hydrogen-bond acceptors (Lipinski definition) is 2. The maximum absolute atomic E-state index is 13.8. The van der Waals surface area contributed by atoms with Crippen molar-refractivity contribution in [3.05, 3.63) is 62.5 Å². The fraction of sp³-hybridized carbons (Fsp3) is 0.375. The van der Waals surface area contributed by atoms with Gasteiger partial charge in [-0.25, -0.2) is 9.37 Å². The van der Waals surface area contributed by atoms with Crippen LogP contribution in [0.3, 0.4) is 0 Å². The molecule has 0 spiro atoms. The molecule has 0 amide bonds. The van der Waals surface area contributed by atoms with E-state index in [9.17, 15) is 9.18 Å². The average Bonchev–Trinajstić information content (AvgIpc) is 2.97. The van der Waals surface area contributed by atoms with Crippen molar-refractivity contribution >= 4 is 11.6 Å². The van der Waals surface area contributed by atoms with Gasteiger partial charge < -0.3 is 4.98 Å². The van der Waals surface area contributed by atoms with E-state index in [1.807, 2.05) is 0 Å². The smallest absolute Gasteiger partial charge is 0.251 e. The number of benzene rings is 1. The maximum atomic E-state index is 13.8. The third kappa shape index (κ3) is 3.16. The summed E-state index contributed by atoms with van der Waals surface area (Å²) in [4.78, 5) is 19.0. The highest BCUT2D eigenvalue weighted by atomic mass is 35.5.